The Bertz CT molecular complexity index is 203. The van der Waals surface area contributed by atoms with Crippen molar-refractivity contribution in [1.82, 2.24) is 10.2 Å². The van der Waals surface area contributed by atoms with Gasteiger partial charge in [0.1, 0.15) is 0 Å². The van der Waals surface area contributed by atoms with Crippen LogP contribution in [-0.4, -0.2) is 50.2 Å². The van der Waals surface area contributed by atoms with Gasteiger partial charge in [0, 0.05) is 19.0 Å². The fourth-order valence-corrected chi connectivity index (χ4v) is 2.24. The van der Waals surface area contributed by atoms with E-state index in [0.29, 0.717) is 12.5 Å². The van der Waals surface area contributed by atoms with Crippen molar-refractivity contribution in [3.8, 4) is 0 Å². The predicted octanol–water partition coefficient (Wildman–Crippen LogP) is 1.01. The van der Waals surface area contributed by atoms with Crippen molar-refractivity contribution >= 4 is 5.97 Å². The zero-order valence-corrected chi connectivity index (χ0v) is 10.5. The first-order valence-corrected chi connectivity index (χ1v) is 6.29. The number of nitrogens with one attached hydrogen (secondary N) is 1. The summed E-state index contributed by atoms with van der Waals surface area (Å²) in [6, 6.07) is 0.664. The Morgan fingerprint density at radius 1 is 1.50 bits per heavy atom. The molecule has 1 aliphatic heterocycles. The molecule has 0 saturated carbocycles. The molecule has 1 fully saturated rings. The highest BCUT2D eigenvalue weighted by Crippen LogP contribution is 2.10. The Morgan fingerprint density at radius 2 is 2.31 bits per heavy atom. The molecule has 1 saturated heterocycles. The first-order valence-electron chi connectivity index (χ1n) is 6.29. The molecule has 1 unspecified atom stereocenters. The highest BCUT2D eigenvalue weighted by Gasteiger charge is 2.21. The van der Waals surface area contributed by atoms with Gasteiger partial charge in [0.25, 0.3) is 0 Å². The van der Waals surface area contributed by atoms with Gasteiger partial charge in [0.15, 0.2) is 0 Å². The van der Waals surface area contributed by atoms with E-state index >= 15 is 0 Å². The lowest BCUT2D eigenvalue weighted by Crippen LogP contribution is -2.38. The van der Waals surface area contributed by atoms with Crippen molar-refractivity contribution in [2.45, 2.75) is 38.6 Å². The molecule has 0 aromatic rings. The second kappa shape index (κ2) is 7.63. The highest BCUT2D eigenvalue weighted by atomic mass is 16.5. The fraction of sp³-hybridized carbons (Fsp3) is 0.917. The number of ether oxygens (including phenoxy) is 1. The van der Waals surface area contributed by atoms with Crippen LogP contribution in [0.5, 0.6) is 0 Å². The maximum atomic E-state index is 11.0. The van der Waals surface area contributed by atoms with Gasteiger partial charge in [-0.2, -0.15) is 0 Å². The lowest BCUT2D eigenvalue weighted by molar-refractivity contribution is -0.140. The largest absolute Gasteiger partial charge is 0.469 e. The Kier molecular flexibility index (Phi) is 6.42. The van der Waals surface area contributed by atoms with Gasteiger partial charge < -0.3 is 10.1 Å². The van der Waals surface area contributed by atoms with Crippen LogP contribution in [0.3, 0.4) is 0 Å². The van der Waals surface area contributed by atoms with E-state index in [1.165, 1.54) is 20.0 Å². The summed E-state index contributed by atoms with van der Waals surface area (Å²) in [6.07, 6.45) is 3.85. The molecule has 1 heterocycles. The van der Waals surface area contributed by atoms with Crippen LogP contribution in [0.4, 0.5) is 0 Å². The van der Waals surface area contributed by atoms with Crippen LogP contribution in [0.15, 0.2) is 0 Å². The van der Waals surface area contributed by atoms with Crippen LogP contribution in [0.1, 0.15) is 32.6 Å². The summed E-state index contributed by atoms with van der Waals surface area (Å²) in [7, 11) is 1.45. The summed E-state index contributed by atoms with van der Waals surface area (Å²) in [5.41, 5.74) is 0. The zero-order chi connectivity index (χ0) is 11.8. The molecular weight excluding hydrogens is 204 g/mol. The summed E-state index contributed by atoms with van der Waals surface area (Å²) in [5.74, 6) is -0.0963. The van der Waals surface area contributed by atoms with E-state index in [4.69, 9.17) is 0 Å². The summed E-state index contributed by atoms with van der Waals surface area (Å²) in [5, 5.41) is 3.39. The Hall–Kier alpha value is -0.610. The van der Waals surface area contributed by atoms with Crippen LogP contribution in [0.2, 0.25) is 0 Å². The minimum atomic E-state index is -0.0963. The number of esters is 1. The summed E-state index contributed by atoms with van der Waals surface area (Å²) < 4.78 is 4.65. The van der Waals surface area contributed by atoms with Gasteiger partial charge >= 0.3 is 5.97 Å². The fourth-order valence-electron chi connectivity index (χ4n) is 2.24. The highest BCUT2D eigenvalue weighted by molar-refractivity contribution is 5.69. The van der Waals surface area contributed by atoms with Crippen molar-refractivity contribution in [2.75, 3.05) is 33.3 Å². The van der Waals surface area contributed by atoms with Crippen molar-refractivity contribution in [1.29, 1.82) is 0 Å². The van der Waals surface area contributed by atoms with Crippen molar-refractivity contribution in [3.05, 3.63) is 0 Å². The standard InChI is InChI=1S/C12H24N2O2/c1-3-8-14(11-6-7-13-10-11)9-4-5-12(15)16-2/h11,13H,3-10H2,1-2H3. The van der Waals surface area contributed by atoms with Crippen LogP contribution in [-0.2, 0) is 9.53 Å². The molecule has 0 aliphatic carbocycles. The first-order chi connectivity index (χ1) is 7.77. The van der Waals surface area contributed by atoms with E-state index in [2.05, 4.69) is 21.9 Å². The van der Waals surface area contributed by atoms with E-state index in [0.717, 1.165) is 32.6 Å². The second-order valence-corrected chi connectivity index (χ2v) is 4.36. The topological polar surface area (TPSA) is 41.6 Å². The summed E-state index contributed by atoms with van der Waals surface area (Å²) >= 11 is 0. The number of carbonyl (C=O) groups is 1. The van der Waals surface area contributed by atoms with Gasteiger partial charge in [-0.1, -0.05) is 6.92 Å². The lowest BCUT2D eigenvalue weighted by atomic mass is 10.2. The normalized spacial score (nSPS) is 20.3. The SMILES string of the molecule is CCCN(CCCC(=O)OC)C1CCNC1. The Balaban J connectivity index is 2.24. The second-order valence-electron chi connectivity index (χ2n) is 4.36. The molecule has 1 aliphatic rings. The van der Waals surface area contributed by atoms with Gasteiger partial charge in [-0.15, -0.1) is 0 Å². The van der Waals surface area contributed by atoms with Gasteiger partial charge in [-0.25, -0.2) is 0 Å². The number of rotatable bonds is 7. The van der Waals surface area contributed by atoms with Crippen molar-refractivity contribution in [2.24, 2.45) is 0 Å². The predicted molar refractivity (Wildman–Crippen MR) is 64.4 cm³/mol. The average molecular weight is 228 g/mol. The Morgan fingerprint density at radius 3 is 2.88 bits per heavy atom. The van der Waals surface area contributed by atoms with Crippen molar-refractivity contribution in [3.63, 3.8) is 0 Å². The molecule has 4 heteroatoms. The van der Waals surface area contributed by atoms with E-state index in [9.17, 15) is 4.79 Å². The molecular formula is C12H24N2O2. The molecule has 4 nitrogen and oxygen atoms in total. The molecule has 94 valence electrons. The molecule has 1 rings (SSSR count). The van der Waals surface area contributed by atoms with Gasteiger partial charge in [0.05, 0.1) is 7.11 Å². The van der Waals surface area contributed by atoms with Gasteiger partial charge in [-0.3, -0.25) is 9.69 Å². The molecule has 0 aromatic carbocycles. The molecule has 1 N–H and O–H groups in total. The third kappa shape index (κ3) is 4.49. The molecule has 0 bridgehead atoms. The van der Waals surface area contributed by atoms with Gasteiger partial charge in [0.2, 0.25) is 0 Å². The molecule has 0 spiro atoms. The maximum absolute atomic E-state index is 11.0. The quantitative estimate of drug-likeness (QED) is 0.660. The minimum Gasteiger partial charge on any atom is -0.469 e. The van der Waals surface area contributed by atoms with E-state index < -0.39 is 0 Å². The van der Waals surface area contributed by atoms with Crippen molar-refractivity contribution < 1.29 is 9.53 Å². The molecule has 1 atom stereocenters. The monoisotopic (exact) mass is 228 g/mol. The maximum Gasteiger partial charge on any atom is 0.305 e. The van der Waals surface area contributed by atoms with Crippen LogP contribution < -0.4 is 5.32 Å². The van der Waals surface area contributed by atoms with Gasteiger partial charge in [-0.05, 0) is 38.9 Å². The number of hydrogen-bond acceptors (Lipinski definition) is 4. The zero-order valence-electron chi connectivity index (χ0n) is 10.5. The molecule has 16 heavy (non-hydrogen) atoms. The number of methoxy groups -OCH3 is 1. The van der Waals surface area contributed by atoms with Crippen LogP contribution in [0.25, 0.3) is 0 Å². The summed E-state index contributed by atoms with van der Waals surface area (Å²) in [6.45, 7) is 6.57. The number of hydrogen-bond donors (Lipinski definition) is 1. The number of carbonyl (C=O) groups excluding carboxylic acids is 1. The summed E-state index contributed by atoms with van der Waals surface area (Å²) in [4.78, 5) is 13.5. The van der Waals surface area contributed by atoms with E-state index in [-0.39, 0.29) is 5.97 Å². The third-order valence-electron chi connectivity index (χ3n) is 3.12. The minimum absolute atomic E-state index is 0.0963. The molecule has 0 aromatic heterocycles. The average Bonchev–Trinajstić information content (AvgIpc) is 2.81. The van der Waals surface area contributed by atoms with E-state index in [1.807, 2.05) is 0 Å². The smallest absolute Gasteiger partial charge is 0.305 e. The first kappa shape index (κ1) is 13.5. The third-order valence-corrected chi connectivity index (χ3v) is 3.12. The van der Waals surface area contributed by atoms with Crippen LogP contribution in [0, 0.1) is 0 Å². The molecule has 0 amide bonds. The van der Waals surface area contributed by atoms with Crippen LogP contribution >= 0.6 is 0 Å². The number of nitrogens with zero attached hydrogens (tertiary/aromatic N) is 1. The lowest BCUT2D eigenvalue weighted by Gasteiger charge is -2.27. The molecule has 0 radical (unpaired) electrons. The Labute approximate surface area is 98.3 Å². The van der Waals surface area contributed by atoms with E-state index in [1.54, 1.807) is 0 Å².